The molecule has 2 amide bonds. The van der Waals surface area contributed by atoms with Crippen molar-refractivity contribution in [2.24, 2.45) is 10.9 Å². The van der Waals surface area contributed by atoms with Crippen LogP contribution in [-0.2, 0) is 26.2 Å². The van der Waals surface area contributed by atoms with Crippen LogP contribution >= 0.6 is 0 Å². The minimum Gasteiger partial charge on any atom is -0.352 e. The lowest BCUT2D eigenvalue weighted by Crippen LogP contribution is -2.22. The van der Waals surface area contributed by atoms with Crippen molar-refractivity contribution in [3.8, 4) is 0 Å². The molecule has 3 N–H and O–H groups in total. The third-order valence-corrected chi connectivity index (χ3v) is 7.02. The predicted octanol–water partition coefficient (Wildman–Crippen LogP) is 2.95. The molecule has 1 aliphatic heterocycles. The van der Waals surface area contributed by atoms with Crippen LogP contribution in [0.3, 0.4) is 0 Å². The van der Waals surface area contributed by atoms with Crippen LogP contribution in [0.2, 0.25) is 0 Å². The summed E-state index contributed by atoms with van der Waals surface area (Å²) in [5, 5.41) is 5.83. The van der Waals surface area contributed by atoms with E-state index in [9.17, 15) is 18.0 Å². The number of unbranched alkanes of at least 4 members (excludes halogenated alkanes) is 2. The zero-order valence-electron chi connectivity index (χ0n) is 18.3. The van der Waals surface area contributed by atoms with Gasteiger partial charge in [0.1, 0.15) is 5.84 Å². The fourth-order valence-corrected chi connectivity index (χ4v) is 4.91. The molecule has 33 heavy (non-hydrogen) atoms. The van der Waals surface area contributed by atoms with Crippen LogP contribution in [0.15, 0.2) is 58.4 Å². The highest BCUT2D eigenvalue weighted by molar-refractivity contribution is 7.90. The normalized spacial score (nSPS) is 17.3. The predicted molar refractivity (Wildman–Crippen MR) is 126 cm³/mol. The largest absolute Gasteiger partial charge is 0.352 e. The molecular formula is C24H28N4O4S. The van der Waals surface area contributed by atoms with E-state index in [1.54, 1.807) is 24.3 Å². The summed E-state index contributed by atoms with van der Waals surface area (Å²) in [7, 11) is -3.51. The van der Waals surface area contributed by atoms with Gasteiger partial charge in [-0.25, -0.2) is 8.42 Å². The maximum Gasteiger partial charge on any atom is 0.263 e. The van der Waals surface area contributed by atoms with Gasteiger partial charge in [-0.1, -0.05) is 30.7 Å². The van der Waals surface area contributed by atoms with Crippen LogP contribution in [0.25, 0.3) is 0 Å². The van der Waals surface area contributed by atoms with E-state index in [1.807, 2.05) is 24.3 Å². The molecule has 2 aliphatic rings. The smallest absolute Gasteiger partial charge is 0.263 e. The van der Waals surface area contributed by atoms with E-state index in [0.29, 0.717) is 30.9 Å². The Morgan fingerprint density at radius 1 is 1.03 bits per heavy atom. The van der Waals surface area contributed by atoms with Crippen LogP contribution < -0.4 is 15.4 Å². The van der Waals surface area contributed by atoms with Gasteiger partial charge in [0.05, 0.1) is 4.90 Å². The summed E-state index contributed by atoms with van der Waals surface area (Å²) in [5.74, 6) is 0.582. The molecule has 9 heteroatoms. The van der Waals surface area contributed by atoms with E-state index in [0.717, 1.165) is 43.4 Å². The van der Waals surface area contributed by atoms with Crippen LogP contribution in [0, 0.1) is 5.92 Å². The van der Waals surface area contributed by atoms with E-state index in [-0.39, 0.29) is 22.6 Å². The van der Waals surface area contributed by atoms with Gasteiger partial charge in [0.25, 0.3) is 10.0 Å². The molecule has 2 aromatic carbocycles. The van der Waals surface area contributed by atoms with Crippen molar-refractivity contribution in [1.82, 2.24) is 10.0 Å². The van der Waals surface area contributed by atoms with Crippen LogP contribution in [0.4, 0.5) is 5.69 Å². The summed E-state index contributed by atoms with van der Waals surface area (Å²) < 4.78 is 26.7. The summed E-state index contributed by atoms with van der Waals surface area (Å²) in [6.45, 7) is 0.909. The number of fused-ring (bicyclic) bond motifs is 1. The Morgan fingerprint density at radius 2 is 1.85 bits per heavy atom. The van der Waals surface area contributed by atoms with E-state index < -0.39 is 10.0 Å². The van der Waals surface area contributed by atoms with Crippen molar-refractivity contribution in [3.63, 3.8) is 0 Å². The van der Waals surface area contributed by atoms with E-state index >= 15 is 0 Å². The van der Waals surface area contributed by atoms with Gasteiger partial charge < -0.3 is 10.6 Å². The second-order valence-electron chi connectivity index (χ2n) is 8.38. The molecule has 1 aliphatic carbocycles. The van der Waals surface area contributed by atoms with Crippen LogP contribution in [0.5, 0.6) is 0 Å². The zero-order chi connectivity index (χ0) is 23.3. The van der Waals surface area contributed by atoms with Gasteiger partial charge in [-0.15, -0.1) is 0 Å². The molecule has 174 valence electrons. The number of carbonyl (C=O) groups excluding carboxylic acids is 2. The molecule has 0 spiro atoms. The summed E-state index contributed by atoms with van der Waals surface area (Å²) in [6, 6.07) is 14.3. The lowest BCUT2D eigenvalue weighted by Gasteiger charge is -2.08. The van der Waals surface area contributed by atoms with E-state index in [1.165, 1.54) is 0 Å². The number of carbonyl (C=O) groups is 2. The Kier molecular flexibility index (Phi) is 7.08. The minimum absolute atomic E-state index is 0.0220. The Hall–Kier alpha value is -3.20. The molecule has 0 bridgehead atoms. The van der Waals surface area contributed by atoms with Crippen molar-refractivity contribution >= 4 is 33.4 Å². The number of sulfonamides is 1. The van der Waals surface area contributed by atoms with Crippen LogP contribution in [0.1, 0.15) is 49.7 Å². The SMILES string of the molecule is O=C(CCCCCN=C1NS(=O)(=O)c2ccccc21)NCc1cccc(NC(=O)C2CC2)c1. The summed E-state index contributed by atoms with van der Waals surface area (Å²) in [6.07, 6.45) is 4.66. The molecule has 1 saturated carbocycles. The summed E-state index contributed by atoms with van der Waals surface area (Å²) in [5.41, 5.74) is 2.30. The number of rotatable bonds is 10. The molecule has 0 atom stereocenters. The molecule has 1 heterocycles. The lowest BCUT2D eigenvalue weighted by atomic mass is 10.1. The van der Waals surface area contributed by atoms with Crippen LogP contribution in [-0.4, -0.2) is 32.6 Å². The Morgan fingerprint density at radius 3 is 2.67 bits per heavy atom. The first kappa shape index (κ1) is 23.0. The molecule has 0 unspecified atom stereocenters. The Labute approximate surface area is 193 Å². The quantitative estimate of drug-likeness (QED) is 0.465. The first-order chi connectivity index (χ1) is 15.9. The van der Waals surface area contributed by atoms with Crippen molar-refractivity contribution in [2.45, 2.75) is 50.0 Å². The van der Waals surface area contributed by atoms with Crippen molar-refractivity contribution in [3.05, 3.63) is 59.7 Å². The highest BCUT2D eigenvalue weighted by atomic mass is 32.2. The highest BCUT2D eigenvalue weighted by Gasteiger charge is 2.30. The number of anilines is 1. The molecule has 0 aromatic heterocycles. The average Bonchev–Trinajstić information content (AvgIpc) is 3.61. The molecule has 2 aromatic rings. The lowest BCUT2D eigenvalue weighted by molar-refractivity contribution is -0.121. The average molecular weight is 469 g/mol. The first-order valence-electron chi connectivity index (χ1n) is 11.3. The second-order valence-corrected chi connectivity index (χ2v) is 10.0. The number of nitrogens with zero attached hydrogens (tertiary/aromatic N) is 1. The first-order valence-corrected chi connectivity index (χ1v) is 12.7. The number of aliphatic imine (C=N–C) groups is 1. The Balaban J connectivity index is 1.14. The van der Waals surface area contributed by atoms with Crippen molar-refractivity contribution in [2.75, 3.05) is 11.9 Å². The number of hydrogen-bond acceptors (Lipinski definition) is 5. The van der Waals surface area contributed by atoms with Crippen molar-refractivity contribution in [1.29, 1.82) is 0 Å². The maximum atomic E-state index is 12.1. The topological polar surface area (TPSA) is 117 Å². The van der Waals surface area contributed by atoms with Gasteiger partial charge in [0.15, 0.2) is 0 Å². The Bertz CT molecular complexity index is 1170. The minimum atomic E-state index is -3.51. The molecule has 0 radical (unpaired) electrons. The van der Waals surface area contributed by atoms with Gasteiger partial charge >= 0.3 is 0 Å². The van der Waals surface area contributed by atoms with Gasteiger partial charge in [0.2, 0.25) is 11.8 Å². The number of amides is 2. The van der Waals surface area contributed by atoms with Gasteiger partial charge in [-0.3, -0.25) is 19.3 Å². The van der Waals surface area contributed by atoms with Gasteiger partial charge in [0, 0.05) is 36.7 Å². The standard InChI is InChI=1S/C24H28N4O4S/c29-22(26-16-17-7-6-8-19(15-17)27-24(30)18-12-13-18)11-2-1-5-14-25-23-20-9-3-4-10-21(20)33(31,32)28-23/h3-4,6-10,15,18H,1-2,5,11-14,16H2,(H,25,28)(H,26,29)(H,27,30). The highest BCUT2D eigenvalue weighted by Crippen LogP contribution is 2.30. The molecule has 8 nitrogen and oxygen atoms in total. The molecule has 0 saturated heterocycles. The van der Waals surface area contributed by atoms with Crippen molar-refractivity contribution < 1.29 is 18.0 Å². The van der Waals surface area contributed by atoms with Gasteiger partial charge in [-0.2, -0.15) is 0 Å². The maximum absolute atomic E-state index is 12.1. The third kappa shape index (κ3) is 6.19. The summed E-state index contributed by atoms with van der Waals surface area (Å²) in [4.78, 5) is 28.7. The zero-order valence-corrected chi connectivity index (χ0v) is 19.2. The molecule has 1 fully saturated rings. The number of hydrogen-bond donors (Lipinski definition) is 3. The summed E-state index contributed by atoms with van der Waals surface area (Å²) >= 11 is 0. The molecular weight excluding hydrogens is 440 g/mol. The monoisotopic (exact) mass is 468 g/mol. The second kappa shape index (κ2) is 10.2. The fourth-order valence-electron chi connectivity index (χ4n) is 3.65. The van der Waals surface area contributed by atoms with Gasteiger partial charge in [-0.05, 0) is 55.5 Å². The van der Waals surface area contributed by atoms with E-state index in [2.05, 4.69) is 20.3 Å². The number of benzene rings is 2. The molecule has 4 rings (SSSR count). The number of amidine groups is 1. The number of nitrogens with one attached hydrogen (secondary N) is 3. The van der Waals surface area contributed by atoms with E-state index in [4.69, 9.17) is 0 Å². The fraction of sp³-hybridized carbons (Fsp3) is 0.375. The third-order valence-electron chi connectivity index (χ3n) is 5.63.